The Labute approximate surface area is 120 Å². The fourth-order valence-electron chi connectivity index (χ4n) is 1.69. The van der Waals surface area contributed by atoms with E-state index in [2.05, 4.69) is 15.3 Å². The molecule has 8 heteroatoms. The molecule has 0 fully saturated rings. The van der Waals surface area contributed by atoms with Crippen LogP contribution in [0.2, 0.25) is 0 Å². The molecule has 0 saturated carbocycles. The lowest BCUT2D eigenvalue weighted by Crippen LogP contribution is -2.05. The first-order chi connectivity index (χ1) is 10.1. The number of ether oxygens (including phenoxy) is 1. The summed E-state index contributed by atoms with van der Waals surface area (Å²) in [6.45, 7) is 1.49. The van der Waals surface area contributed by atoms with Crippen molar-refractivity contribution in [2.75, 3.05) is 12.4 Å². The number of hydrogen-bond acceptors (Lipinski definition) is 7. The number of hydrogen-bond donors (Lipinski definition) is 1. The summed E-state index contributed by atoms with van der Waals surface area (Å²) in [5, 5.41) is 22.9. The highest BCUT2D eigenvalue weighted by atomic mass is 16.6. The first-order valence-electron chi connectivity index (χ1n) is 5.94. The molecule has 0 radical (unpaired) electrons. The molecule has 2 rings (SSSR count). The number of para-hydroxylation sites is 1. The average Bonchev–Trinajstić information content (AvgIpc) is 2.46. The number of nitrogens with zero attached hydrogens (tertiary/aromatic N) is 4. The maximum atomic E-state index is 11.1. The van der Waals surface area contributed by atoms with Crippen LogP contribution in [0.25, 0.3) is 0 Å². The predicted molar refractivity (Wildman–Crippen MR) is 74.2 cm³/mol. The van der Waals surface area contributed by atoms with Crippen molar-refractivity contribution < 1.29 is 9.66 Å². The van der Waals surface area contributed by atoms with Gasteiger partial charge in [-0.2, -0.15) is 10.2 Å². The van der Waals surface area contributed by atoms with Gasteiger partial charge in [-0.15, -0.1) is 0 Å². The quantitative estimate of drug-likeness (QED) is 0.677. The molecule has 2 aromatic rings. The molecule has 0 aliphatic carbocycles. The molecule has 1 aromatic carbocycles. The Morgan fingerprint density at radius 2 is 2.10 bits per heavy atom. The van der Waals surface area contributed by atoms with Crippen molar-refractivity contribution in [1.29, 1.82) is 5.26 Å². The van der Waals surface area contributed by atoms with E-state index in [0.29, 0.717) is 0 Å². The first kappa shape index (κ1) is 14.2. The lowest BCUT2D eigenvalue weighted by atomic mass is 10.2. The minimum absolute atomic E-state index is 0.170. The number of rotatable bonds is 4. The maximum absolute atomic E-state index is 11.1. The molecule has 1 aromatic heterocycles. The van der Waals surface area contributed by atoms with Crippen LogP contribution in [0.5, 0.6) is 11.6 Å². The molecule has 21 heavy (non-hydrogen) atoms. The third kappa shape index (κ3) is 2.87. The molecular formula is C13H11N5O3. The van der Waals surface area contributed by atoms with Crippen LogP contribution in [0.15, 0.2) is 24.3 Å². The standard InChI is InChI=1S/C13H11N5O3/c1-8-11(18(19)20)12(17-13(15-2)16-8)21-10-6-4-3-5-9(10)7-14/h3-6H,1-2H3,(H,15,16,17). The molecule has 0 saturated heterocycles. The highest BCUT2D eigenvalue weighted by Gasteiger charge is 2.24. The average molecular weight is 285 g/mol. The van der Waals surface area contributed by atoms with E-state index in [1.54, 1.807) is 31.3 Å². The number of nitro groups is 1. The zero-order chi connectivity index (χ0) is 15.4. The summed E-state index contributed by atoms with van der Waals surface area (Å²) in [5.41, 5.74) is 0.0969. The first-order valence-corrected chi connectivity index (χ1v) is 5.94. The van der Waals surface area contributed by atoms with E-state index in [1.165, 1.54) is 6.92 Å². The molecule has 0 aliphatic rings. The zero-order valence-electron chi connectivity index (χ0n) is 11.3. The summed E-state index contributed by atoms with van der Waals surface area (Å²) in [4.78, 5) is 18.4. The van der Waals surface area contributed by atoms with Crippen molar-refractivity contribution in [3.05, 3.63) is 45.6 Å². The van der Waals surface area contributed by atoms with E-state index < -0.39 is 4.92 Å². The smallest absolute Gasteiger partial charge is 0.352 e. The molecule has 0 amide bonds. The summed E-state index contributed by atoms with van der Waals surface area (Å²) in [6, 6.07) is 8.38. The Kier molecular flexibility index (Phi) is 3.95. The van der Waals surface area contributed by atoms with Crippen molar-refractivity contribution in [2.45, 2.75) is 6.92 Å². The minimum Gasteiger partial charge on any atom is -0.432 e. The molecular weight excluding hydrogens is 274 g/mol. The maximum Gasteiger partial charge on any atom is 0.352 e. The van der Waals surface area contributed by atoms with Gasteiger partial charge in [-0.1, -0.05) is 12.1 Å². The Morgan fingerprint density at radius 1 is 1.38 bits per heavy atom. The van der Waals surface area contributed by atoms with Gasteiger partial charge in [0.1, 0.15) is 17.5 Å². The van der Waals surface area contributed by atoms with Crippen LogP contribution in [-0.2, 0) is 0 Å². The van der Waals surface area contributed by atoms with Crippen molar-refractivity contribution in [2.24, 2.45) is 0 Å². The van der Waals surface area contributed by atoms with E-state index in [0.717, 1.165) is 0 Å². The molecule has 0 unspecified atom stereocenters. The lowest BCUT2D eigenvalue weighted by Gasteiger charge is -2.09. The minimum atomic E-state index is -0.612. The van der Waals surface area contributed by atoms with Gasteiger partial charge < -0.3 is 10.1 Å². The molecule has 106 valence electrons. The van der Waals surface area contributed by atoms with Crippen molar-refractivity contribution in [3.63, 3.8) is 0 Å². The fourth-order valence-corrected chi connectivity index (χ4v) is 1.69. The molecule has 1 N–H and O–H groups in total. The van der Waals surface area contributed by atoms with E-state index in [9.17, 15) is 10.1 Å². The third-order valence-electron chi connectivity index (χ3n) is 2.65. The summed E-state index contributed by atoms with van der Waals surface area (Å²) in [5.74, 6) is 0.186. The van der Waals surface area contributed by atoms with Gasteiger partial charge in [0.05, 0.1) is 10.5 Å². The van der Waals surface area contributed by atoms with Gasteiger partial charge in [0, 0.05) is 7.05 Å². The van der Waals surface area contributed by atoms with Crippen LogP contribution in [0.1, 0.15) is 11.3 Å². The molecule has 0 atom stereocenters. The lowest BCUT2D eigenvalue weighted by molar-refractivity contribution is -0.386. The summed E-state index contributed by atoms with van der Waals surface area (Å²) < 4.78 is 5.46. The van der Waals surface area contributed by atoms with Gasteiger partial charge in [0.25, 0.3) is 0 Å². The van der Waals surface area contributed by atoms with Crippen molar-refractivity contribution in [1.82, 2.24) is 9.97 Å². The largest absolute Gasteiger partial charge is 0.432 e. The SMILES string of the molecule is CNc1nc(C)c([N+](=O)[O-])c(Oc2ccccc2C#N)n1. The van der Waals surface area contributed by atoms with Crippen LogP contribution in [0, 0.1) is 28.4 Å². The Morgan fingerprint density at radius 3 is 2.71 bits per heavy atom. The summed E-state index contributed by atoms with van der Waals surface area (Å²) >= 11 is 0. The second-order valence-corrected chi connectivity index (χ2v) is 4.00. The van der Waals surface area contributed by atoms with Gasteiger partial charge in [0.2, 0.25) is 5.95 Å². The number of anilines is 1. The molecule has 8 nitrogen and oxygen atoms in total. The Bertz CT molecular complexity index is 739. The molecule has 0 aliphatic heterocycles. The molecule has 0 spiro atoms. The number of nitriles is 1. The van der Waals surface area contributed by atoms with Gasteiger partial charge >= 0.3 is 11.6 Å². The Hall–Kier alpha value is -3.21. The number of aromatic nitrogens is 2. The molecule has 0 bridgehead atoms. The number of benzene rings is 1. The van der Waals surface area contributed by atoms with Gasteiger partial charge in [-0.05, 0) is 19.1 Å². The summed E-state index contributed by atoms with van der Waals surface area (Å²) in [7, 11) is 1.59. The van der Waals surface area contributed by atoms with Crippen LogP contribution >= 0.6 is 0 Å². The van der Waals surface area contributed by atoms with Gasteiger partial charge in [-0.25, -0.2) is 4.98 Å². The topological polar surface area (TPSA) is 114 Å². The number of nitrogens with one attached hydrogen (secondary N) is 1. The predicted octanol–water partition coefficient (Wildman–Crippen LogP) is 2.40. The number of aryl methyl sites for hydroxylation is 1. The van der Waals surface area contributed by atoms with E-state index in [-0.39, 0.29) is 34.5 Å². The highest BCUT2D eigenvalue weighted by molar-refractivity contribution is 5.52. The van der Waals surface area contributed by atoms with Crippen LogP contribution in [0.4, 0.5) is 11.6 Å². The van der Waals surface area contributed by atoms with Gasteiger partial charge in [0.15, 0.2) is 0 Å². The summed E-state index contributed by atoms with van der Waals surface area (Å²) in [6.07, 6.45) is 0. The van der Waals surface area contributed by atoms with Crippen molar-refractivity contribution in [3.8, 4) is 17.7 Å². The van der Waals surface area contributed by atoms with Crippen LogP contribution in [-0.4, -0.2) is 21.9 Å². The van der Waals surface area contributed by atoms with Gasteiger partial charge in [-0.3, -0.25) is 10.1 Å². The zero-order valence-corrected chi connectivity index (χ0v) is 11.3. The second kappa shape index (κ2) is 5.83. The van der Waals surface area contributed by atoms with E-state index >= 15 is 0 Å². The van der Waals surface area contributed by atoms with Crippen LogP contribution in [0.3, 0.4) is 0 Å². The third-order valence-corrected chi connectivity index (χ3v) is 2.65. The Balaban J connectivity index is 2.55. The van der Waals surface area contributed by atoms with E-state index in [4.69, 9.17) is 10.00 Å². The van der Waals surface area contributed by atoms with Crippen LogP contribution < -0.4 is 10.1 Å². The van der Waals surface area contributed by atoms with Crippen molar-refractivity contribution >= 4 is 11.6 Å². The normalized spacial score (nSPS) is 9.76. The second-order valence-electron chi connectivity index (χ2n) is 4.00. The van der Waals surface area contributed by atoms with E-state index in [1.807, 2.05) is 6.07 Å². The fraction of sp³-hybridized carbons (Fsp3) is 0.154. The molecule has 1 heterocycles. The highest BCUT2D eigenvalue weighted by Crippen LogP contribution is 2.33. The monoisotopic (exact) mass is 285 g/mol.